The first-order valence-corrected chi connectivity index (χ1v) is 10.5. The average molecular weight is 428 g/mol. The van der Waals surface area contributed by atoms with E-state index in [9.17, 15) is 9.59 Å². The van der Waals surface area contributed by atoms with Crippen LogP contribution in [0.1, 0.15) is 33.5 Å². The van der Waals surface area contributed by atoms with E-state index in [1.54, 1.807) is 18.2 Å². The van der Waals surface area contributed by atoms with E-state index in [0.717, 1.165) is 29.7 Å². The molecule has 3 aromatic rings. The number of anilines is 2. The first-order valence-electron chi connectivity index (χ1n) is 10.5. The zero-order valence-corrected chi connectivity index (χ0v) is 17.9. The summed E-state index contributed by atoms with van der Waals surface area (Å²) in [4.78, 5) is 24.9. The first-order chi connectivity index (χ1) is 15.6. The van der Waals surface area contributed by atoms with Crippen molar-refractivity contribution in [2.75, 3.05) is 24.3 Å². The second kappa shape index (κ2) is 9.49. The molecule has 0 saturated heterocycles. The van der Waals surface area contributed by atoms with Gasteiger partial charge in [0.25, 0.3) is 5.91 Å². The topological polar surface area (TPSA) is 93.4 Å². The number of hydrogen-bond donors (Lipinski definition) is 3. The van der Waals surface area contributed by atoms with E-state index in [4.69, 9.17) is 10.5 Å². The summed E-state index contributed by atoms with van der Waals surface area (Å²) in [6, 6.07) is 22.9. The average Bonchev–Trinajstić information content (AvgIpc) is 3.16. The van der Waals surface area contributed by atoms with Gasteiger partial charge in [0.1, 0.15) is 0 Å². The zero-order chi connectivity index (χ0) is 22.5. The van der Waals surface area contributed by atoms with Crippen molar-refractivity contribution in [1.29, 1.82) is 0 Å². The molecule has 0 spiro atoms. The van der Waals surface area contributed by atoms with Gasteiger partial charge in [0, 0.05) is 11.3 Å². The Morgan fingerprint density at radius 3 is 2.44 bits per heavy atom. The van der Waals surface area contributed by atoms with Gasteiger partial charge >= 0.3 is 5.97 Å². The lowest BCUT2D eigenvalue weighted by Gasteiger charge is -2.15. The minimum absolute atomic E-state index is 0.229. The Morgan fingerprint density at radius 2 is 1.75 bits per heavy atom. The monoisotopic (exact) mass is 427 g/mol. The van der Waals surface area contributed by atoms with Crippen LogP contribution in [0.25, 0.3) is 11.3 Å². The van der Waals surface area contributed by atoms with Gasteiger partial charge in [-0.2, -0.15) is 0 Å². The lowest BCUT2D eigenvalue weighted by molar-refractivity contribution is -0.110. The molecule has 0 radical (unpaired) electrons. The van der Waals surface area contributed by atoms with E-state index in [2.05, 4.69) is 22.8 Å². The van der Waals surface area contributed by atoms with Crippen molar-refractivity contribution in [2.24, 2.45) is 5.73 Å². The summed E-state index contributed by atoms with van der Waals surface area (Å²) in [5, 5.41) is 6.32. The molecule has 0 unspecified atom stereocenters. The minimum atomic E-state index is -0.449. The number of hydrogen-bond acceptors (Lipinski definition) is 5. The van der Waals surface area contributed by atoms with Gasteiger partial charge in [-0.15, -0.1) is 0 Å². The Kier molecular flexibility index (Phi) is 6.33. The first kappa shape index (κ1) is 21.3. The summed E-state index contributed by atoms with van der Waals surface area (Å²) in [7, 11) is 1.33. The molecule has 6 heteroatoms. The van der Waals surface area contributed by atoms with Crippen molar-refractivity contribution in [1.82, 2.24) is 0 Å². The highest BCUT2D eigenvalue weighted by molar-refractivity contribution is 6.37. The molecule has 0 saturated carbocycles. The molecule has 4 rings (SSSR count). The second-order valence-electron chi connectivity index (χ2n) is 7.54. The van der Waals surface area contributed by atoms with Crippen molar-refractivity contribution >= 4 is 34.5 Å². The molecule has 1 heterocycles. The van der Waals surface area contributed by atoms with Gasteiger partial charge in [0.05, 0.1) is 29.6 Å². The fraction of sp³-hybridized carbons (Fsp3) is 0.154. The predicted molar refractivity (Wildman–Crippen MR) is 127 cm³/mol. The molecule has 162 valence electrons. The maximum atomic E-state index is 13.0. The normalized spacial score (nSPS) is 13.9. The molecule has 32 heavy (non-hydrogen) atoms. The summed E-state index contributed by atoms with van der Waals surface area (Å²) in [6.07, 6.45) is 1.87. The van der Waals surface area contributed by atoms with Crippen molar-refractivity contribution in [2.45, 2.75) is 12.8 Å². The number of amides is 1. The number of fused-ring (bicyclic) bond motifs is 1. The van der Waals surface area contributed by atoms with Crippen LogP contribution in [0.15, 0.2) is 72.8 Å². The smallest absolute Gasteiger partial charge is 0.337 e. The molecule has 1 aliphatic rings. The predicted octanol–water partition coefficient (Wildman–Crippen LogP) is 4.30. The molecule has 0 bridgehead atoms. The van der Waals surface area contributed by atoms with Gasteiger partial charge < -0.3 is 21.1 Å². The van der Waals surface area contributed by atoms with Gasteiger partial charge in [-0.25, -0.2) is 4.79 Å². The fourth-order valence-corrected chi connectivity index (χ4v) is 3.75. The van der Waals surface area contributed by atoms with Gasteiger partial charge in [-0.05, 0) is 54.8 Å². The van der Waals surface area contributed by atoms with Gasteiger partial charge in [-0.3, -0.25) is 4.79 Å². The highest BCUT2D eigenvalue weighted by Gasteiger charge is 2.29. The van der Waals surface area contributed by atoms with Gasteiger partial charge in [-0.1, -0.05) is 48.5 Å². The summed E-state index contributed by atoms with van der Waals surface area (Å²) in [5.41, 5.74) is 11.5. The maximum absolute atomic E-state index is 13.0. The Hall–Kier alpha value is -3.90. The molecule has 0 fully saturated rings. The number of benzene rings is 3. The van der Waals surface area contributed by atoms with E-state index < -0.39 is 5.97 Å². The highest BCUT2D eigenvalue weighted by Crippen LogP contribution is 2.38. The minimum Gasteiger partial charge on any atom is -0.465 e. The van der Waals surface area contributed by atoms with Crippen molar-refractivity contribution < 1.29 is 14.3 Å². The summed E-state index contributed by atoms with van der Waals surface area (Å²) >= 11 is 0. The number of rotatable bonds is 7. The van der Waals surface area contributed by atoms with Crippen molar-refractivity contribution in [3.63, 3.8) is 0 Å². The maximum Gasteiger partial charge on any atom is 0.337 e. The molecule has 0 aromatic heterocycles. The van der Waals surface area contributed by atoms with Gasteiger partial charge in [0.2, 0.25) is 0 Å². The molecule has 0 atom stereocenters. The SMILES string of the molecule is COC(=O)c1ccc2c(c1)NC(=O)C2=C(Nc1ccc(CCCN)cc1)c1ccccc1. The lowest BCUT2D eigenvalue weighted by atomic mass is 9.99. The van der Waals surface area contributed by atoms with E-state index >= 15 is 0 Å². The third-order valence-corrected chi connectivity index (χ3v) is 5.39. The van der Waals surface area contributed by atoms with Crippen LogP contribution in [-0.2, 0) is 16.0 Å². The molecule has 1 aliphatic heterocycles. The van der Waals surface area contributed by atoms with E-state index in [1.165, 1.54) is 12.7 Å². The third-order valence-electron chi connectivity index (χ3n) is 5.39. The van der Waals surface area contributed by atoms with Crippen molar-refractivity contribution in [3.05, 3.63) is 95.1 Å². The number of nitrogens with two attached hydrogens (primary N) is 1. The summed E-state index contributed by atoms with van der Waals surface area (Å²) in [5.74, 6) is -0.677. The molecular weight excluding hydrogens is 402 g/mol. The Balaban J connectivity index is 1.76. The number of ether oxygens (including phenoxy) is 1. The molecule has 3 aromatic carbocycles. The molecule has 6 nitrogen and oxygen atoms in total. The van der Waals surface area contributed by atoms with Crippen LogP contribution >= 0.6 is 0 Å². The van der Waals surface area contributed by atoms with Crippen LogP contribution in [0.5, 0.6) is 0 Å². The Bertz CT molecular complexity index is 1170. The standard InChI is InChI=1S/C26H25N3O3/c1-32-26(31)19-11-14-21-22(16-19)29-25(30)23(21)24(18-7-3-2-4-8-18)28-20-12-9-17(10-13-20)6-5-15-27/h2-4,7-14,16,28H,5-6,15,27H2,1H3,(H,29,30). The number of methoxy groups -OCH3 is 1. The molecule has 4 N–H and O–H groups in total. The number of esters is 1. The van der Waals surface area contributed by atoms with Crippen LogP contribution in [-0.4, -0.2) is 25.5 Å². The van der Waals surface area contributed by atoms with Gasteiger partial charge in [0.15, 0.2) is 0 Å². The molecular formula is C26H25N3O3. The van der Waals surface area contributed by atoms with Crippen LogP contribution in [0.3, 0.4) is 0 Å². The molecule has 1 amide bonds. The van der Waals surface area contributed by atoms with E-state index in [-0.39, 0.29) is 5.91 Å². The number of carbonyl (C=O) groups excluding carboxylic acids is 2. The Labute approximate surface area is 187 Å². The molecule has 0 aliphatic carbocycles. The fourth-order valence-electron chi connectivity index (χ4n) is 3.75. The van der Waals surface area contributed by atoms with Crippen LogP contribution in [0.2, 0.25) is 0 Å². The van der Waals surface area contributed by atoms with E-state index in [1.807, 2.05) is 42.5 Å². The summed E-state index contributed by atoms with van der Waals surface area (Å²) in [6.45, 7) is 0.663. The summed E-state index contributed by atoms with van der Waals surface area (Å²) < 4.78 is 4.80. The van der Waals surface area contributed by atoms with Crippen LogP contribution in [0, 0.1) is 0 Å². The highest BCUT2D eigenvalue weighted by atomic mass is 16.5. The second-order valence-corrected chi connectivity index (χ2v) is 7.54. The van der Waals surface area contributed by atoms with Crippen molar-refractivity contribution in [3.8, 4) is 0 Å². The van der Waals surface area contributed by atoms with Crippen LogP contribution in [0.4, 0.5) is 11.4 Å². The zero-order valence-electron chi connectivity index (χ0n) is 17.9. The third kappa shape index (κ3) is 4.40. The van der Waals surface area contributed by atoms with E-state index in [0.29, 0.717) is 29.1 Å². The largest absolute Gasteiger partial charge is 0.465 e. The Morgan fingerprint density at radius 1 is 1.00 bits per heavy atom. The number of carbonyl (C=O) groups is 2. The number of aryl methyl sites for hydroxylation is 1. The lowest BCUT2D eigenvalue weighted by Crippen LogP contribution is -2.10. The number of nitrogens with one attached hydrogen (secondary N) is 2. The quantitative estimate of drug-likeness (QED) is 0.386. The van der Waals surface area contributed by atoms with Crippen LogP contribution < -0.4 is 16.4 Å².